The van der Waals surface area contributed by atoms with Crippen molar-refractivity contribution in [2.24, 2.45) is 5.73 Å². The molecule has 3 aromatic heterocycles. The molecule has 2 aliphatic carbocycles. The predicted molar refractivity (Wildman–Crippen MR) is 133 cm³/mol. The summed E-state index contributed by atoms with van der Waals surface area (Å²) in [5, 5.41) is 10.3. The van der Waals surface area contributed by atoms with E-state index < -0.39 is 5.97 Å². The number of nitrogens with one attached hydrogen (secondary N) is 1. The number of carbonyl (C=O) groups is 1. The van der Waals surface area contributed by atoms with Crippen molar-refractivity contribution in [1.29, 1.82) is 0 Å². The van der Waals surface area contributed by atoms with Crippen LogP contribution in [0.4, 0.5) is 0 Å². The van der Waals surface area contributed by atoms with Crippen molar-refractivity contribution < 1.29 is 14.6 Å². The lowest BCUT2D eigenvalue weighted by Crippen LogP contribution is -2.68. The summed E-state index contributed by atoms with van der Waals surface area (Å²) in [6.07, 6.45) is 7.02. The van der Waals surface area contributed by atoms with Gasteiger partial charge in [-0.2, -0.15) is 0 Å². The lowest BCUT2D eigenvalue weighted by molar-refractivity contribution is 0.0541. The Morgan fingerprint density at radius 3 is 2.57 bits per heavy atom. The maximum Gasteiger partial charge on any atom is 0.337 e. The third-order valence-corrected chi connectivity index (χ3v) is 7.91. The van der Waals surface area contributed by atoms with Crippen molar-refractivity contribution in [3.63, 3.8) is 0 Å². The minimum atomic E-state index is -0.877. The molecule has 0 radical (unpaired) electrons. The first-order chi connectivity index (χ1) is 16.7. The van der Waals surface area contributed by atoms with Gasteiger partial charge in [0.1, 0.15) is 0 Å². The summed E-state index contributed by atoms with van der Waals surface area (Å²) in [6, 6.07) is 5.86. The number of nitrogens with two attached hydrogens (primary N) is 1. The molecule has 0 unspecified atom stereocenters. The van der Waals surface area contributed by atoms with Crippen molar-refractivity contribution in [2.45, 2.75) is 56.6 Å². The second kappa shape index (κ2) is 7.63. The molecule has 1 aliphatic heterocycles. The van der Waals surface area contributed by atoms with Crippen LogP contribution in [0.25, 0.3) is 22.5 Å². The quantitative estimate of drug-likeness (QED) is 0.502. The second-order valence-corrected chi connectivity index (χ2v) is 10.7. The Hall–Kier alpha value is -3.23. The fourth-order valence-corrected chi connectivity index (χ4v) is 6.00. The van der Waals surface area contributed by atoms with Gasteiger partial charge >= 0.3 is 5.97 Å². The number of ether oxygens (including phenoxy) is 1. The summed E-state index contributed by atoms with van der Waals surface area (Å²) >= 11 is 0. The van der Waals surface area contributed by atoms with Crippen LogP contribution in [-0.4, -0.2) is 62.7 Å². The lowest BCUT2D eigenvalue weighted by atomic mass is 9.68. The zero-order valence-electron chi connectivity index (χ0n) is 20.4. The van der Waals surface area contributed by atoms with E-state index in [1.807, 2.05) is 38.2 Å². The van der Waals surface area contributed by atoms with Gasteiger partial charge in [0.25, 0.3) is 0 Å². The van der Waals surface area contributed by atoms with Crippen molar-refractivity contribution >= 4 is 5.97 Å². The summed E-state index contributed by atoms with van der Waals surface area (Å²) in [4.78, 5) is 27.5. The summed E-state index contributed by atoms with van der Waals surface area (Å²) in [7, 11) is 2.06. The highest BCUT2D eigenvalue weighted by Gasteiger charge is 2.64. The summed E-state index contributed by atoms with van der Waals surface area (Å²) < 4.78 is 5.66. The fourth-order valence-electron chi connectivity index (χ4n) is 6.00. The smallest absolute Gasteiger partial charge is 0.337 e. The van der Waals surface area contributed by atoms with Crippen LogP contribution in [0.1, 0.15) is 53.9 Å². The molecule has 2 fully saturated rings. The topological polar surface area (TPSA) is 117 Å². The molecule has 8 heteroatoms. The molecule has 35 heavy (non-hydrogen) atoms. The van der Waals surface area contributed by atoms with Crippen molar-refractivity contribution in [2.75, 3.05) is 20.1 Å². The standard InChI is InChI=1S/C27H31N5O3/c1-15(2)35-21-7-5-17(12-30-21)20-10-19-16(11-29-20)4-6-18-22(25(33)34)24(31-23(18)19)26(13-32(3)14-26)27(28)8-9-27/h5,7,10-12,15,31H,4,6,8-9,13-14,28H2,1-3H3,(H,33,34). The molecule has 0 bridgehead atoms. The molecule has 0 amide bonds. The maximum atomic E-state index is 12.6. The molecule has 182 valence electrons. The molecule has 3 aromatic rings. The number of fused-ring (bicyclic) bond motifs is 3. The minimum Gasteiger partial charge on any atom is -0.478 e. The van der Waals surface area contributed by atoms with E-state index in [0.717, 1.165) is 71.7 Å². The number of hydrogen-bond donors (Lipinski definition) is 3. The highest BCUT2D eigenvalue weighted by molar-refractivity contribution is 5.95. The van der Waals surface area contributed by atoms with Crippen LogP contribution in [0.2, 0.25) is 0 Å². The van der Waals surface area contributed by atoms with Gasteiger partial charge in [-0.3, -0.25) is 4.98 Å². The van der Waals surface area contributed by atoms with E-state index in [9.17, 15) is 9.90 Å². The first kappa shape index (κ1) is 22.2. The molecule has 0 atom stereocenters. The number of carboxylic acids is 1. The fraction of sp³-hybridized carbons (Fsp3) is 0.444. The Morgan fingerprint density at radius 1 is 1.20 bits per heavy atom. The van der Waals surface area contributed by atoms with Crippen LogP contribution in [-0.2, 0) is 18.3 Å². The van der Waals surface area contributed by atoms with Gasteiger partial charge in [-0.25, -0.2) is 9.78 Å². The summed E-state index contributed by atoms with van der Waals surface area (Å²) in [5.74, 6) is -0.297. The van der Waals surface area contributed by atoms with E-state index in [1.54, 1.807) is 6.20 Å². The number of aromatic nitrogens is 3. The average Bonchev–Trinajstić information content (AvgIpc) is 3.42. The number of carboxylic acid groups (broad SMARTS) is 1. The number of H-pyrrole nitrogens is 1. The Balaban J connectivity index is 1.44. The number of likely N-dealkylation sites (N-methyl/N-ethyl adjacent to an activating group) is 1. The van der Waals surface area contributed by atoms with Gasteiger partial charge in [0, 0.05) is 53.9 Å². The van der Waals surface area contributed by atoms with Gasteiger partial charge in [0.05, 0.1) is 28.5 Å². The van der Waals surface area contributed by atoms with Crippen LogP contribution >= 0.6 is 0 Å². The van der Waals surface area contributed by atoms with E-state index in [1.165, 1.54) is 0 Å². The highest BCUT2D eigenvalue weighted by atomic mass is 16.5. The largest absolute Gasteiger partial charge is 0.478 e. The number of likely N-dealkylation sites (tertiary alicyclic amines) is 1. The first-order valence-corrected chi connectivity index (χ1v) is 12.3. The number of aryl methyl sites for hydroxylation is 1. The minimum absolute atomic E-state index is 0.0567. The molecule has 0 aromatic carbocycles. The average molecular weight is 474 g/mol. The number of pyridine rings is 2. The number of aromatic amines is 1. The third-order valence-electron chi connectivity index (χ3n) is 7.91. The SMILES string of the molecule is CC(C)Oc1ccc(-c2cc3c(cn2)CCc2c-3[nH]c(C3(C4(N)CC4)CN(C)C3)c2C(=O)O)cn1. The zero-order valence-corrected chi connectivity index (χ0v) is 20.4. The van der Waals surface area contributed by atoms with Gasteiger partial charge < -0.3 is 25.5 Å². The number of aromatic carboxylic acids is 1. The van der Waals surface area contributed by atoms with Gasteiger partial charge in [0.15, 0.2) is 0 Å². The van der Waals surface area contributed by atoms with E-state index in [-0.39, 0.29) is 17.1 Å². The molecule has 0 spiro atoms. The van der Waals surface area contributed by atoms with Gasteiger partial charge in [-0.05, 0) is 69.8 Å². The van der Waals surface area contributed by atoms with Crippen molar-refractivity contribution in [3.05, 3.63) is 53.0 Å². The first-order valence-electron chi connectivity index (χ1n) is 12.3. The maximum absolute atomic E-state index is 12.6. The van der Waals surface area contributed by atoms with Crippen LogP contribution in [0, 0.1) is 0 Å². The van der Waals surface area contributed by atoms with E-state index >= 15 is 0 Å². The molecular weight excluding hydrogens is 442 g/mol. The Labute approximate surface area is 204 Å². The number of rotatable bonds is 6. The molecule has 4 heterocycles. The number of hydrogen-bond acceptors (Lipinski definition) is 6. The summed E-state index contributed by atoms with van der Waals surface area (Å²) in [6.45, 7) is 5.48. The van der Waals surface area contributed by atoms with Gasteiger partial charge in [-0.15, -0.1) is 0 Å². The van der Waals surface area contributed by atoms with Crippen molar-refractivity contribution in [1.82, 2.24) is 19.9 Å². The van der Waals surface area contributed by atoms with Crippen LogP contribution in [0.3, 0.4) is 0 Å². The summed E-state index contributed by atoms with van der Waals surface area (Å²) in [5.41, 5.74) is 12.9. The van der Waals surface area contributed by atoms with Crippen molar-refractivity contribution in [3.8, 4) is 28.4 Å². The van der Waals surface area contributed by atoms with Crippen LogP contribution in [0.5, 0.6) is 5.88 Å². The third kappa shape index (κ3) is 3.38. The van der Waals surface area contributed by atoms with Gasteiger partial charge in [0.2, 0.25) is 5.88 Å². The number of nitrogens with zero attached hydrogens (tertiary/aromatic N) is 3. The second-order valence-electron chi connectivity index (χ2n) is 10.7. The molecule has 6 rings (SSSR count). The molecule has 4 N–H and O–H groups in total. The Bertz CT molecular complexity index is 1320. The van der Waals surface area contributed by atoms with E-state index in [0.29, 0.717) is 17.9 Å². The zero-order chi connectivity index (χ0) is 24.5. The normalized spacial score (nSPS) is 19.6. The van der Waals surface area contributed by atoms with E-state index in [4.69, 9.17) is 10.5 Å². The molecule has 1 saturated heterocycles. The Kier molecular flexibility index (Phi) is 4.85. The monoisotopic (exact) mass is 473 g/mol. The van der Waals surface area contributed by atoms with E-state index in [2.05, 4.69) is 26.9 Å². The van der Waals surface area contributed by atoms with Crippen LogP contribution < -0.4 is 10.5 Å². The predicted octanol–water partition coefficient (Wildman–Crippen LogP) is 3.40. The molecule has 1 saturated carbocycles. The lowest BCUT2D eigenvalue weighted by Gasteiger charge is -2.52. The highest BCUT2D eigenvalue weighted by Crippen LogP contribution is 2.55. The molecular formula is C27H31N5O3. The van der Waals surface area contributed by atoms with Gasteiger partial charge in [-0.1, -0.05) is 0 Å². The Morgan fingerprint density at radius 2 is 1.97 bits per heavy atom. The molecule has 3 aliphatic rings. The molecule has 8 nitrogen and oxygen atoms in total. The van der Waals surface area contributed by atoms with Crippen LogP contribution in [0.15, 0.2) is 30.6 Å².